The molecule has 0 amide bonds. The molecule has 8 nitrogen and oxygen atoms in total. The first kappa shape index (κ1) is 13.9. The summed E-state index contributed by atoms with van der Waals surface area (Å²) < 4.78 is 7.80. The van der Waals surface area contributed by atoms with Gasteiger partial charge >= 0.3 is 0 Å². The van der Waals surface area contributed by atoms with Crippen LogP contribution in [0, 0.1) is 0 Å². The number of β-amino-alcohol motifs (C(OH)–C–C–N with tert-alkyl or cyclic N) is 1. The monoisotopic (exact) mass is 304 g/mol. The number of ether oxygens (including phenoxy) is 1. The maximum atomic E-state index is 9.61. The van der Waals surface area contributed by atoms with Gasteiger partial charge in [0.1, 0.15) is 12.6 Å². The lowest BCUT2D eigenvalue weighted by Gasteiger charge is -2.23. The highest BCUT2D eigenvalue weighted by Crippen LogP contribution is 2.27. The largest absolute Gasteiger partial charge is 0.392 e. The third kappa shape index (κ3) is 2.53. The van der Waals surface area contributed by atoms with Crippen LogP contribution in [0.25, 0.3) is 11.2 Å². The number of hydrazine groups is 1. The molecule has 8 heteroatoms. The maximum Gasteiger partial charge on any atom is 0.172 e. The van der Waals surface area contributed by atoms with Crippen LogP contribution >= 0.6 is 0 Å². The molecule has 0 saturated carbocycles. The molecule has 0 spiro atoms. The van der Waals surface area contributed by atoms with E-state index in [0.717, 1.165) is 50.0 Å². The van der Waals surface area contributed by atoms with Crippen LogP contribution in [0.2, 0.25) is 0 Å². The second-order valence-electron chi connectivity index (χ2n) is 5.87. The third-order valence-corrected chi connectivity index (χ3v) is 4.25. The molecule has 2 aromatic rings. The van der Waals surface area contributed by atoms with Crippen LogP contribution < -0.4 is 5.43 Å². The van der Waals surface area contributed by atoms with Crippen molar-refractivity contribution in [2.24, 2.45) is 0 Å². The lowest BCUT2D eigenvalue weighted by molar-refractivity contribution is -0.0298. The van der Waals surface area contributed by atoms with Crippen molar-refractivity contribution in [3.05, 3.63) is 12.7 Å². The van der Waals surface area contributed by atoms with E-state index in [2.05, 4.69) is 20.4 Å². The molecule has 118 valence electrons. The molecule has 0 aliphatic carbocycles. The molecular formula is C14H20N6O2. The number of hydrogen-bond acceptors (Lipinski definition) is 7. The SMILES string of the molecule is OC1CCN(Nc2ncnc3c2ncn3C2CCCCO2)C1. The number of rotatable bonds is 3. The minimum atomic E-state index is -0.280. The molecule has 2 aliphatic rings. The number of aliphatic hydroxyl groups is 1. The topological polar surface area (TPSA) is 88.3 Å². The van der Waals surface area contributed by atoms with E-state index in [4.69, 9.17) is 4.74 Å². The third-order valence-electron chi connectivity index (χ3n) is 4.25. The molecular weight excluding hydrogens is 284 g/mol. The number of aliphatic hydroxyl groups excluding tert-OH is 1. The molecule has 2 fully saturated rings. The predicted octanol–water partition coefficient (Wildman–Crippen LogP) is 0.919. The number of nitrogens with one attached hydrogen (secondary N) is 1. The van der Waals surface area contributed by atoms with Crippen molar-refractivity contribution < 1.29 is 9.84 Å². The number of aromatic nitrogens is 4. The van der Waals surface area contributed by atoms with E-state index in [1.807, 2.05) is 9.58 Å². The van der Waals surface area contributed by atoms with Gasteiger partial charge in [0.15, 0.2) is 17.0 Å². The van der Waals surface area contributed by atoms with Gasteiger partial charge in [-0.2, -0.15) is 0 Å². The summed E-state index contributed by atoms with van der Waals surface area (Å²) in [6, 6.07) is 0. The Kier molecular flexibility index (Phi) is 3.65. The Morgan fingerprint density at radius 3 is 2.95 bits per heavy atom. The molecule has 4 rings (SSSR count). The van der Waals surface area contributed by atoms with Crippen LogP contribution in [0.15, 0.2) is 12.7 Å². The summed E-state index contributed by atoms with van der Waals surface area (Å²) in [5.74, 6) is 0.675. The smallest absolute Gasteiger partial charge is 0.172 e. The standard InChI is InChI=1S/C14H20N6O2/c21-10-4-5-19(7-10)18-13-12-14(16-8-15-13)20(9-17-12)11-3-1-2-6-22-11/h8-11,21H,1-7H2,(H,15,16,18). The second-order valence-corrected chi connectivity index (χ2v) is 5.87. The van der Waals surface area contributed by atoms with Crippen LogP contribution in [0.4, 0.5) is 5.82 Å². The molecule has 2 saturated heterocycles. The van der Waals surface area contributed by atoms with Gasteiger partial charge in [0, 0.05) is 19.7 Å². The van der Waals surface area contributed by atoms with Gasteiger partial charge in [0.05, 0.1) is 12.4 Å². The Bertz CT molecular complexity index is 654. The highest BCUT2D eigenvalue weighted by molar-refractivity contribution is 5.82. The van der Waals surface area contributed by atoms with Gasteiger partial charge in [0.2, 0.25) is 0 Å². The van der Waals surface area contributed by atoms with Gasteiger partial charge < -0.3 is 15.3 Å². The van der Waals surface area contributed by atoms with Crippen molar-refractivity contribution in [1.29, 1.82) is 0 Å². The summed E-state index contributed by atoms with van der Waals surface area (Å²) in [6.07, 6.45) is 7.07. The Morgan fingerprint density at radius 2 is 2.18 bits per heavy atom. The lowest BCUT2D eigenvalue weighted by atomic mass is 10.2. The molecule has 22 heavy (non-hydrogen) atoms. The van der Waals surface area contributed by atoms with Crippen LogP contribution in [0.5, 0.6) is 0 Å². The van der Waals surface area contributed by atoms with Crippen LogP contribution in [-0.4, -0.2) is 55.4 Å². The van der Waals surface area contributed by atoms with Crippen LogP contribution in [0.1, 0.15) is 31.9 Å². The van der Waals surface area contributed by atoms with Gasteiger partial charge in [0.25, 0.3) is 0 Å². The molecule has 2 aromatic heterocycles. The summed E-state index contributed by atoms with van der Waals surface area (Å²) >= 11 is 0. The highest BCUT2D eigenvalue weighted by atomic mass is 16.5. The minimum Gasteiger partial charge on any atom is -0.392 e. The van der Waals surface area contributed by atoms with Crippen molar-refractivity contribution in [3.8, 4) is 0 Å². The number of hydrogen-bond donors (Lipinski definition) is 2. The average molecular weight is 304 g/mol. The average Bonchev–Trinajstić information content (AvgIpc) is 3.15. The van der Waals surface area contributed by atoms with Gasteiger partial charge in [-0.1, -0.05) is 0 Å². The van der Waals surface area contributed by atoms with Gasteiger partial charge in [-0.25, -0.2) is 20.0 Å². The quantitative estimate of drug-likeness (QED) is 0.871. The fourth-order valence-electron chi connectivity index (χ4n) is 3.08. The van der Waals surface area contributed by atoms with Crippen molar-refractivity contribution in [2.45, 2.75) is 38.0 Å². The molecule has 2 atom stereocenters. The summed E-state index contributed by atoms with van der Waals surface area (Å²) in [7, 11) is 0. The molecule has 2 N–H and O–H groups in total. The Morgan fingerprint density at radius 1 is 1.23 bits per heavy atom. The van der Waals surface area contributed by atoms with Crippen molar-refractivity contribution in [2.75, 3.05) is 25.1 Å². The zero-order chi connectivity index (χ0) is 14.9. The molecule has 2 unspecified atom stereocenters. The first-order chi connectivity index (χ1) is 10.8. The zero-order valence-electron chi connectivity index (χ0n) is 12.4. The van der Waals surface area contributed by atoms with E-state index in [9.17, 15) is 5.11 Å². The first-order valence-corrected chi connectivity index (χ1v) is 7.80. The van der Waals surface area contributed by atoms with Crippen LogP contribution in [0.3, 0.4) is 0 Å². The first-order valence-electron chi connectivity index (χ1n) is 7.80. The minimum absolute atomic E-state index is 0.00936. The van der Waals surface area contributed by atoms with Crippen molar-refractivity contribution in [1.82, 2.24) is 24.5 Å². The van der Waals surface area contributed by atoms with E-state index in [1.165, 1.54) is 6.33 Å². The molecule has 4 heterocycles. The maximum absolute atomic E-state index is 9.61. The van der Waals surface area contributed by atoms with Crippen molar-refractivity contribution in [3.63, 3.8) is 0 Å². The van der Waals surface area contributed by atoms with Crippen molar-refractivity contribution >= 4 is 17.0 Å². The number of nitrogens with zero attached hydrogens (tertiary/aromatic N) is 5. The van der Waals surface area contributed by atoms with E-state index < -0.39 is 0 Å². The van der Waals surface area contributed by atoms with Crippen LogP contribution in [-0.2, 0) is 4.74 Å². The Hall–Kier alpha value is -1.77. The van der Waals surface area contributed by atoms with E-state index >= 15 is 0 Å². The Labute approximate surface area is 128 Å². The lowest BCUT2D eigenvalue weighted by Crippen LogP contribution is -2.29. The van der Waals surface area contributed by atoms with Gasteiger partial charge in [-0.15, -0.1) is 0 Å². The normalized spacial score (nSPS) is 26.6. The second kappa shape index (κ2) is 5.79. The number of fused-ring (bicyclic) bond motifs is 1. The Balaban J connectivity index is 1.61. The number of imidazole rings is 1. The summed E-state index contributed by atoms with van der Waals surface area (Å²) in [5.41, 5.74) is 4.75. The molecule has 0 radical (unpaired) electrons. The predicted molar refractivity (Wildman–Crippen MR) is 80.0 cm³/mol. The number of anilines is 1. The van der Waals surface area contributed by atoms with E-state index in [-0.39, 0.29) is 12.3 Å². The molecule has 0 aromatic carbocycles. The van der Waals surface area contributed by atoms with Gasteiger partial charge in [-0.05, 0) is 25.7 Å². The summed E-state index contributed by atoms with van der Waals surface area (Å²) in [5, 5.41) is 11.6. The highest BCUT2D eigenvalue weighted by Gasteiger charge is 2.23. The summed E-state index contributed by atoms with van der Waals surface area (Å²) in [4.78, 5) is 13.1. The van der Waals surface area contributed by atoms with Gasteiger partial charge in [-0.3, -0.25) is 4.57 Å². The summed E-state index contributed by atoms with van der Waals surface area (Å²) in [6.45, 7) is 2.17. The van der Waals surface area contributed by atoms with E-state index in [0.29, 0.717) is 12.4 Å². The molecule has 0 bridgehead atoms. The fraction of sp³-hybridized carbons (Fsp3) is 0.643. The fourth-order valence-corrected chi connectivity index (χ4v) is 3.08. The zero-order valence-corrected chi connectivity index (χ0v) is 12.4. The van der Waals surface area contributed by atoms with E-state index in [1.54, 1.807) is 6.33 Å². The molecule has 2 aliphatic heterocycles.